The van der Waals surface area contributed by atoms with Crippen molar-refractivity contribution < 1.29 is 0 Å². The average Bonchev–Trinajstić information content (AvgIpc) is 2.23. The summed E-state index contributed by atoms with van der Waals surface area (Å²) in [5, 5.41) is 0.725. The fraction of sp³-hybridized carbons (Fsp3) is 0.167. The quantitative estimate of drug-likeness (QED) is 0.733. The Hall–Kier alpha value is -1.41. The fourth-order valence-corrected chi connectivity index (χ4v) is 1.39. The van der Waals surface area contributed by atoms with E-state index in [1.54, 1.807) is 0 Å². The van der Waals surface area contributed by atoms with Crippen LogP contribution in [0.4, 0.5) is 0 Å². The summed E-state index contributed by atoms with van der Waals surface area (Å²) >= 11 is 5.81. The molecule has 0 saturated carbocycles. The van der Waals surface area contributed by atoms with Gasteiger partial charge in [0.15, 0.2) is 5.82 Å². The summed E-state index contributed by atoms with van der Waals surface area (Å²) < 4.78 is 0. The number of halogens is 1. The second-order valence-corrected chi connectivity index (χ2v) is 3.91. The van der Waals surface area contributed by atoms with E-state index >= 15 is 0 Å². The first-order valence-corrected chi connectivity index (χ1v) is 5.11. The molecular formula is C12H11ClN2. The van der Waals surface area contributed by atoms with Gasteiger partial charge in [-0.2, -0.15) is 0 Å². The van der Waals surface area contributed by atoms with E-state index in [1.165, 1.54) is 0 Å². The molecule has 1 aromatic carbocycles. The van der Waals surface area contributed by atoms with Gasteiger partial charge in [0.05, 0.1) is 0 Å². The van der Waals surface area contributed by atoms with Crippen LogP contribution in [-0.4, -0.2) is 9.97 Å². The van der Waals surface area contributed by atoms with E-state index in [2.05, 4.69) is 9.97 Å². The smallest absolute Gasteiger partial charge is 0.159 e. The Morgan fingerprint density at radius 2 is 1.73 bits per heavy atom. The molecule has 2 rings (SSSR count). The highest BCUT2D eigenvalue weighted by atomic mass is 35.5. The lowest BCUT2D eigenvalue weighted by Gasteiger charge is -2.03. The van der Waals surface area contributed by atoms with Crippen LogP contribution in [0.3, 0.4) is 0 Å². The van der Waals surface area contributed by atoms with Gasteiger partial charge in [-0.3, -0.25) is 0 Å². The Labute approximate surface area is 94.0 Å². The second kappa shape index (κ2) is 3.99. The lowest BCUT2D eigenvalue weighted by molar-refractivity contribution is 1.07. The van der Waals surface area contributed by atoms with Gasteiger partial charge < -0.3 is 0 Å². The molecule has 2 aromatic rings. The third-order valence-electron chi connectivity index (χ3n) is 2.33. The first-order chi connectivity index (χ1) is 7.16. The molecule has 0 aliphatic carbocycles. The molecule has 0 aliphatic heterocycles. The standard InChI is InChI=1S/C12H11ClN2/c1-8-7-14-12(15-9(8)2)10-3-5-11(13)6-4-10/h3-7H,1-2H3. The van der Waals surface area contributed by atoms with Crippen LogP contribution >= 0.6 is 11.6 Å². The molecule has 0 amide bonds. The lowest BCUT2D eigenvalue weighted by atomic mass is 10.2. The molecule has 1 heterocycles. The van der Waals surface area contributed by atoms with Gasteiger partial charge in [0.2, 0.25) is 0 Å². The highest BCUT2D eigenvalue weighted by molar-refractivity contribution is 6.30. The topological polar surface area (TPSA) is 25.8 Å². The van der Waals surface area contributed by atoms with Gasteiger partial charge in [0.25, 0.3) is 0 Å². The molecule has 0 aliphatic rings. The summed E-state index contributed by atoms with van der Waals surface area (Å²) in [6.07, 6.45) is 1.84. The maximum atomic E-state index is 5.81. The zero-order valence-corrected chi connectivity index (χ0v) is 9.42. The first kappa shape index (κ1) is 10.1. The molecule has 0 unspecified atom stereocenters. The van der Waals surface area contributed by atoms with E-state index in [-0.39, 0.29) is 0 Å². The Balaban J connectivity index is 2.45. The number of hydrogen-bond acceptors (Lipinski definition) is 2. The maximum Gasteiger partial charge on any atom is 0.159 e. The Bertz CT molecular complexity index is 477. The van der Waals surface area contributed by atoms with Gasteiger partial charge in [-0.25, -0.2) is 9.97 Å². The van der Waals surface area contributed by atoms with Gasteiger partial charge in [-0.1, -0.05) is 11.6 Å². The third-order valence-corrected chi connectivity index (χ3v) is 2.58. The number of nitrogens with zero attached hydrogens (tertiary/aromatic N) is 2. The maximum absolute atomic E-state index is 5.81. The van der Waals surface area contributed by atoms with Crippen molar-refractivity contribution in [2.75, 3.05) is 0 Å². The summed E-state index contributed by atoms with van der Waals surface area (Å²) in [5.74, 6) is 0.745. The van der Waals surface area contributed by atoms with Gasteiger partial charge in [-0.05, 0) is 43.7 Å². The van der Waals surface area contributed by atoms with Crippen molar-refractivity contribution in [2.45, 2.75) is 13.8 Å². The summed E-state index contributed by atoms with van der Waals surface area (Å²) in [6.45, 7) is 3.98. The molecule has 0 N–H and O–H groups in total. The zero-order valence-electron chi connectivity index (χ0n) is 8.66. The summed E-state index contributed by atoms with van der Waals surface area (Å²) in [5.41, 5.74) is 3.10. The molecule has 0 atom stereocenters. The molecule has 76 valence electrons. The lowest BCUT2D eigenvalue weighted by Crippen LogP contribution is -1.93. The van der Waals surface area contributed by atoms with Crippen LogP contribution in [0.1, 0.15) is 11.3 Å². The Kier molecular flexibility index (Phi) is 2.69. The molecule has 0 spiro atoms. The Morgan fingerprint density at radius 1 is 1.07 bits per heavy atom. The molecule has 0 bridgehead atoms. The van der Waals surface area contributed by atoms with Gasteiger partial charge in [-0.15, -0.1) is 0 Å². The van der Waals surface area contributed by atoms with Crippen molar-refractivity contribution in [2.24, 2.45) is 0 Å². The molecule has 2 nitrogen and oxygen atoms in total. The van der Waals surface area contributed by atoms with Crippen molar-refractivity contribution >= 4 is 11.6 Å². The van der Waals surface area contributed by atoms with Crippen molar-refractivity contribution in [1.82, 2.24) is 9.97 Å². The minimum atomic E-state index is 0.725. The van der Waals surface area contributed by atoms with Crippen LogP contribution in [0.2, 0.25) is 5.02 Å². The zero-order chi connectivity index (χ0) is 10.8. The van der Waals surface area contributed by atoms with E-state index in [1.807, 2.05) is 44.3 Å². The number of aromatic nitrogens is 2. The molecule has 15 heavy (non-hydrogen) atoms. The van der Waals surface area contributed by atoms with Crippen LogP contribution < -0.4 is 0 Å². The van der Waals surface area contributed by atoms with Gasteiger partial charge >= 0.3 is 0 Å². The second-order valence-electron chi connectivity index (χ2n) is 3.47. The van der Waals surface area contributed by atoms with Crippen molar-refractivity contribution in [3.8, 4) is 11.4 Å². The van der Waals surface area contributed by atoms with Gasteiger partial charge in [0.1, 0.15) is 0 Å². The third kappa shape index (κ3) is 2.16. The normalized spacial score (nSPS) is 10.3. The Morgan fingerprint density at radius 3 is 2.33 bits per heavy atom. The number of rotatable bonds is 1. The van der Waals surface area contributed by atoms with E-state index in [9.17, 15) is 0 Å². The number of aryl methyl sites for hydroxylation is 2. The number of benzene rings is 1. The van der Waals surface area contributed by atoms with Crippen LogP contribution in [0.15, 0.2) is 30.5 Å². The molecular weight excluding hydrogens is 208 g/mol. The molecule has 3 heteroatoms. The van der Waals surface area contributed by atoms with E-state index < -0.39 is 0 Å². The van der Waals surface area contributed by atoms with Crippen molar-refractivity contribution in [3.05, 3.63) is 46.7 Å². The van der Waals surface area contributed by atoms with Crippen molar-refractivity contribution in [3.63, 3.8) is 0 Å². The van der Waals surface area contributed by atoms with E-state index in [0.29, 0.717) is 0 Å². The van der Waals surface area contributed by atoms with E-state index in [4.69, 9.17) is 11.6 Å². The molecule has 1 aromatic heterocycles. The van der Waals surface area contributed by atoms with Crippen molar-refractivity contribution in [1.29, 1.82) is 0 Å². The summed E-state index contributed by atoms with van der Waals surface area (Å²) in [6, 6.07) is 7.53. The largest absolute Gasteiger partial charge is 0.236 e. The predicted octanol–water partition coefficient (Wildman–Crippen LogP) is 3.41. The van der Waals surface area contributed by atoms with Crippen LogP contribution in [0, 0.1) is 13.8 Å². The summed E-state index contributed by atoms with van der Waals surface area (Å²) in [7, 11) is 0. The first-order valence-electron chi connectivity index (χ1n) is 4.73. The van der Waals surface area contributed by atoms with Crippen LogP contribution in [0.25, 0.3) is 11.4 Å². The molecule has 0 saturated heterocycles. The minimum absolute atomic E-state index is 0.725. The molecule has 0 fully saturated rings. The molecule has 0 radical (unpaired) electrons. The monoisotopic (exact) mass is 218 g/mol. The minimum Gasteiger partial charge on any atom is -0.236 e. The van der Waals surface area contributed by atoms with Crippen LogP contribution in [0.5, 0.6) is 0 Å². The number of hydrogen-bond donors (Lipinski definition) is 0. The predicted molar refractivity (Wildman–Crippen MR) is 62.0 cm³/mol. The highest BCUT2D eigenvalue weighted by Crippen LogP contribution is 2.18. The van der Waals surface area contributed by atoms with E-state index in [0.717, 1.165) is 27.7 Å². The average molecular weight is 219 g/mol. The SMILES string of the molecule is Cc1cnc(-c2ccc(Cl)cc2)nc1C. The fourth-order valence-electron chi connectivity index (χ4n) is 1.27. The highest BCUT2D eigenvalue weighted by Gasteiger charge is 2.02. The summed E-state index contributed by atoms with van der Waals surface area (Å²) in [4.78, 5) is 8.70. The van der Waals surface area contributed by atoms with Crippen LogP contribution in [-0.2, 0) is 0 Å². The van der Waals surface area contributed by atoms with Gasteiger partial charge in [0, 0.05) is 22.5 Å².